The molecule has 108 valence electrons. The predicted octanol–water partition coefficient (Wildman–Crippen LogP) is 3.06. The summed E-state index contributed by atoms with van der Waals surface area (Å²) < 4.78 is 8.07. The highest BCUT2D eigenvalue weighted by atomic mass is 32.1. The highest BCUT2D eigenvalue weighted by Crippen LogP contribution is 2.25. The molecule has 3 rings (SSSR count). The van der Waals surface area contributed by atoms with E-state index in [9.17, 15) is 0 Å². The Kier molecular flexibility index (Phi) is 3.65. The summed E-state index contributed by atoms with van der Waals surface area (Å²) in [6, 6.07) is 3.85. The van der Waals surface area contributed by atoms with Gasteiger partial charge in [-0.3, -0.25) is 4.57 Å². The lowest BCUT2D eigenvalue weighted by molar-refractivity contribution is 0.351. The first-order valence-corrected chi connectivity index (χ1v) is 7.47. The Balaban J connectivity index is 1.88. The monoisotopic (exact) mass is 292 g/mol. The number of anilines is 1. The third-order valence-electron chi connectivity index (χ3n) is 3.78. The van der Waals surface area contributed by atoms with Crippen LogP contribution in [0.5, 0.6) is 0 Å². The number of nitrogens with one attached hydrogen (secondary N) is 1. The van der Waals surface area contributed by atoms with E-state index in [0.717, 1.165) is 24.8 Å². The Morgan fingerprint density at radius 2 is 2.15 bits per heavy atom. The summed E-state index contributed by atoms with van der Waals surface area (Å²) in [5.41, 5.74) is 0. The maximum atomic E-state index is 5.42. The van der Waals surface area contributed by atoms with Gasteiger partial charge in [-0.2, -0.15) is 0 Å². The van der Waals surface area contributed by atoms with Gasteiger partial charge in [0.2, 0.25) is 5.95 Å². The average molecular weight is 292 g/mol. The molecule has 2 aromatic rings. The van der Waals surface area contributed by atoms with Gasteiger partial charge in [-0.1, -0.05) is 13.8 Å². The van der Waals surface area contributed by atoms with Gasteiger partial charge >= 0.3 is 0 Å². The second kappa shape index (κ2) is 5.44. The fourth-order valence-corrected chi connectivity index (χ4v) is 3.27. The third-order valence-corrected chi connectivity index (χ3v) is 4.10. The van der Waals surface area contributed by atoms with E-state index in [1.807, 2.05) is 16.7 Å². The van der Waals surface area contributed by atoms with Crippen molar-refractivity contribution in [1.82, 2.24) is 14.8 Å². The number of hydrogen-bond donors (Lipinski definition) is 1. The summed E-state index contributed by atoms with van der Waals surface area (Å²) in [5, 5.41) is 7.33. The quantitative estimate of drug-likeness (QED) is 0.883. The molecule has 0 unspecified atom stereocenters. The number of nitrogens with zero attached hydrogens (tertiary/aromatic N) is 3. The van der Waals surface area contributed by atoms with Crippen LogP contribution in [-0.4, -0.2) is 27.9 Å². The zero-order chi connectivity index (χ0) is 14.1. The highest BCUT2D eigenvalue weighted by molar-refractivity contribution is 7.71. The molecule has 0 amide bonds. The largest absolute Gasteiger partial charge is 0.467 e. The van der Waals surface area contributed by atoms with Gasteiger partial charge in [0.05, 0.1) is 12.8 Å². The lowest BCUT2D eigenvalue weighted by Crippen LogP contribution is -2.40. The Hall–Kier alpha value is -1.56. The van der Waals surface area contributed by atoms with Crippen LogP contribution in [-0.2, 0) is 6.54 Å². The summed E-state index contributed by atoms with van der Waals surface area (Å²) in [7, 11) is 0. The molecular formula is C14H20N4OS. The molecule has 2 atom stereocenters. The minimum Gasteiger partial charge on any atom is -0.467 e. The van der Waals surface area contributed by atoms with Crippen LogP contribution in [0.15, 0.2) is 22.8 Å². The molecular weight excluding hydrogens is 272 g/mol. The Morgan fingerprint density at radius 1 is 1.40 bits per heavy atom. The van der Waals surface area contributed by atoms with Crippen molar-refractivity contribution < 1.29 is 4.42 Å². The zero-order valence-corrected chi connectivity index (χ0v) is 12.7. The van der Waals surface area contributed by atoms with Crippen LogP contribution in [0.3, 0.4) is 0 Å². The molecule has 5 nitrogen and oxygen atoms in total. The molecule has 0 aliphatic carbocycles. The standard InChI is InChI=1S/C14H20N4OS/c1-10-6-11(2)8-17(7-10)13-15-16-14(20)18(13)9-12-4-3-5-19-12/h3-5,10-11H,6-9H2,1-2H3,(H,16,20)/t10-,11-/m0/s1. The molecule has 0 spiro atoms. The molecule has 1 fully saturated rings. The van der Waals surface area contributed by atoms with E-state index < -0.39 is 0 Å². The summed E-state index contributed by atoms with van der Waals surface area (Å²) >= 11 is 5.35. The molecule has 1 N–H and O–H groups in total. The van der Waals surface area contributed by atoms with Crippen molar-refractivity contribution >= 4 is 18.2 Å². The SMILES string of the molecule is C[C@H]1C[C@H](C)CN(c2n[nH]c(=S)n2Cc2ccco2)C1. The van der Waals surface area contributed by atoms with Crippen molar-refractivity contribution in [2.75, 3.05) is 18.0 Å². The minimum absolute atomic E-state index is 0.622. The highest BCUT2D eigenvalue weighted by Gasteiger charge is 2.25. The van der Waals surface area contributed by atoms with E-state index in [2.05, 4.69) is 28.9 Å². The normalized spacial score (nSPS) is 23.2. The zero-order valence-electron chi connectivity index (χ0n) is 11.9. The van der Waals surface area contributed by atoms with E-state index >= 15 is 0 Å². The van der Waals surface area contributed by atoms with Gasteiger partial charge in [-0.15, -0.1) is 5.10 Å². The van der Waals surface area contributed by atoms with E-state index in [-0.39, 0.29) is 0 Å². The van der Waals surface area contributed by atoms with Crippen LogP contribution in [0.4, 0.5) is 5.95 Å². The molecule has 20 heavy (non-hydrogen) atoms. The molecule has 1 saturated heterocycles. The van der Waals surface area contributed by atoms with Gasteiger partial charge in [-0.25, -0.2) is 5.10 Å². The lowest BCUT2D eigenvalue weighted by atomic mass is 9.92. The number of piperidine rings is 1. The van der Waals surface area contributed by atoms with Gasteiger partial charge in [-0.05, 0) is 42.6 Å². The Bertz CT molecular complexity index is 605. The van der Waals surface area contributed by atoms with Crippen molar-refractivity contribution in [2.45, 2.75) is 26.8 Å². The Labute approximate surface area is 123 Å². The smallest absolute Gasteiger partial charge is 0.226 e. The van der Waals surface area contributed by atoms with E-state index in [4.69, 9.17) is 16.6 Å². The second-order valence-electron chi connectivity index (χ2n) is 5.85. The van der Waals surface area contributed by atoms with Gasteiger partial charge < -0.3 is 9.32 Å². The van der Waals surface area contributed by atoms with Crippen LogP contribution < -0.4 is 4.90 Å². The van der Waals surface area contributed by atoms with Crippen molar-refractivity contribution in [3.63, 3.8) is 0 Å². The van der Waals surface area contributed by atoms with Crippen LogP contribution in [0.25, 0.3) is 0 Å². The molecule has 0 aromatic carbocycles. The summed E-state index contributed by atoms with van der Waals surface area (Å²) in [5.74, 6) is 3.17. The second-order valence-corrected chi connectivity index (χ2v) is 6.23. The van der Waals surface area contributed by atoms with E-state index in [0.29, 0.717) is 23.2 Å². The molecule has 1 aliphatic heterocycles. The molecule has 6 heteroatoms. The van der Waals surface area contributed by atoms with Crippen molar-refractivity contribution in [2.24, 2.45) is 11.8 Å². The van der Waals surface area contributed by atoms with Gasteiger partial charge in [0.15, 0.2) is 4.77 Å². The maximum absolute atomic E-state index is 5.42. The number of rotatable bonds is 3. The molecule has 3 heterocycles. The first-order chi connectivity index (χ1) is 9.63. The van der Waals surface area contributed by atoms with Crippen LogP contribution in [0.2, 0.25) is 0 Å². The third kappa shape index (κ3) is 2.65. The molecule has 0 radical (unpaired) electrons. The number of aromatic nitrogens is 3. The predicted molar refractivity (Wildman–Crippen MR) is 80.4 cm³/mol. The fourth-order valence-electron chi connectivity index (χ4n) is 3.08. The Morgan fingerprint density at radius 3 is 2.80 bits per heavy atom. The van der Waals surface area contributed by atoms with Gasteiger partial charge in [0.25, 0.3) is 0 Å². The minimum atomic E-state index is 0.622. The van der Waals surface area contributed by atoms with E-state index in [1.165, 1.54) is 6.42 Å². The molecule has 0 saturated carbocycles. The van der Waals surface area contributed by atoms with Crippen molar-refractivity contribution in [1.29, 1.82) is 0 Å². The number of hydrogen-bond acceptors (Lipinski definition) is 4. The average Bonchev–Trinajstić information content (AvgIpc) is 3.00. The van der Waals surface area contributed by atoms with Gasteiger partial charge in [0.1, 0.15) is 5.76 Å². The van der Waals surface area contributed by atoms with Crippen molar-refractivity contribution in [3.8, 4) is 0 Å². The number of H-pyrrole nitrogens is 1. The number of furan rings is 1. The summed E-state index contributed by atoms with van der Waals surface area (Å²) in [4.78, 5) is 2.33. The lowest BCUT2D eigenvalue weighted by Gasteiger charge is -2.35. The number of aromatic amines is 1. The fraction of sp³-hybridized carbons (Fsp3) is 0.571. The van der Waals surface area contributed by atoms with E-state index in [1.54, 1.807) is 6.26 Å². The molecule has 0 bridgehead atoms. The first-order valence-electron chi connectivity index (χ1n) is 7.06. The van der Waals surface area contributed by atoms with Crippen LogP contribution >= 0.6 is 12.2 Å². The first kappa shape index (κ1) is 13.4. The molecule has 1 aliphatic rings. The van der Waals surface area contributed by atoms with Crippen LogP contribution in [0.1, 0.15) is 26.0 Å². The topological polar surface area (TPSA) is 50.0 Å². The molecule has 2 aromatic heterocycles. The van der Waals surface area contributed by atoms with Crippen LogP contribution in [0, 0.1) is 16.6 Å². The maximum Gasteiger partial charge on any atom is 0.226 e. The van der Waals surface area contributed by atoms with Gasteiger partial charge in [0, 0.05) is 13.1 Å². The summed E-state index contributed by atoms with van der Waals surface area (Å²) in [6.07, 6.45) is 2.96. The summed E-state index contributed by atoms with van der Waals surface area (Å²) in [6.45, 7) is 7.27. The van der Waals surface area contributed by atoms with Crippen molar-refractivity contribution in [3.05, 3.63) is 28.9 Å².